The number of hydrogen-bond donors (Lipinski definition) is 1. The molecule has 1 saturated heterocycles. The van der Waals surface area contributed by atoms with Crippen LogP contribution in [0.15, 0.2) is 30.5 Å². The lowest BCUT2D eigenvalue weighted by Crippen LogP contribution is -2.41. The van der Waals surface area contributed by atoms with Gasteiger partial charge in [-0.25, -0.2) is 4.68 Å². The first-order valence-corrected chi connectivity index (χ1v) is 9.60. The number of nitrogens with zero attached hydrogens (tertiary/aromatic N) is 2. The Morgan fingerprint density at radius 1 is 1.33 bits per heavy atom. The fourth-order valence-corrected chi connectivity index (χ4v) is 4.17. The average molecular weight is 369 g/mol. The molecule has 6 heteroatoms. The Hall–Kier alpha value is -2.34. The number of ether oxygens (including phenoxy) is 2. The summed E-state index contributed by atoms with van der Waals surface area (Å²) >= 11 is 0. The molecule has 2 aromatic rings. The highest BCUT2D eigenvalue weighted by Crippen LogP contribution is 2.41. The number of rotatable bonds is 4. The fourth-order valence-electron chi connectivity index (χ4n) is 4.17. The van der Waals surface area contributed by atoms with Crippen molar-refractivity contribution in [2.24, 2.45) is 5.41 Å². The maximum absolute atomic E-state index is 12.6. The summed E-state index contributed by atoms with van der Waals surface area (Å²) in [5.41, 5.74) is 3.34. The first-order valence-electron chi connectivity index (χ1n) is 9.60. The van der Waals surface area contributed by atoms with Crippen LogP contribution in [0.2, 0.25) is 0 Å². The van der Waals surface area contributed by atoms with Crippen LogP contribution in [0.3, 0.4) is 0 Å². The van der Waals surface area contributed by atoms with Gasteiger partial charge in [-0.1, -0.05) is 13.8 Å². The van der Waals surface area contributed by atoms with Crippen LogP contribution in [-0.2, 0) is 16.0 Å². The van der Waals surface area contributed by atoms with Crippen LogP contribution in [-0.4, -0.2) is 35.5 Å². The molecule has 2 atom stereocenters. The Bertz CT molecular complexity index is 820. The molecule has 144 valence electrons. The second-order valence-corrected chi connectivity index (χ2v) is 8.26. The Balaban J connectivity index is 1.63. The van der Waals surface area contributed by atoms with Crippen LogP contribution in [0.25, 0.3) is 5.69 Å². The van der Waals surface area contributed by atoms with Gasteiger partial charge in [-0.2, -0.15) is 5.10 Å². The third-order valence-corrected chi connectivity index (χ3v) is 5.53. The summed E-state index contributed by atoms with van der Waals surface area (Å²) in [6.45, 7) is 5.16. The molecule has 2 unspecified atom stereocenters. The van der Waals surface area contributed by atoms with E-state index in [1.54, 1.807) is 7.11 Å². The molecule has 27 heavy (non-hydrogen) atoms. The molecule has 0 radical (unpaired) electrons. The molecule has 2 heterocycles. The quantitative estimate of drug-likeness (QED) is 0.899. The van der Waals surface area contributed by atoms with E-state index < -0.39 is 0 Å². The Morgan fingerprint density at radius 3 is 2.78 bits per heavy atom. The lowest BCUT2D eigenvalue weighted by molar-refractivity contribution is -0.131. The summed E-state index contributed by atoms with van der Waals surface area (Å²) in [5.74, 6) is 0.820. The lowest BCUT2D eigenvalue weighted by atomic mass is 9.74. The minimum atomic E-state index is -0.310. The van der Waals surface area contributed by atoms with Crippen molar-refractivity contribution in [3.63, 3.8) is 0 Å². The number of hydrogen-bond acceptors (Lipinski definition) is 4. The SMILES string of the molecule is COc1ccc(-n2ncc3c2CC(C)(C)CC3NC(=O)C2CCCO2)cc1. The predicted molar refractivity (Wildman–Crippen MR) is 102 cm³/mol. The molecule has 0 spiro atoms. The monoisotopic (exact) mass is 369 g/mol. The van der Waals surface area contributed by atoms with E-state index in [9.17, 15) is 4.79 Å². The molecular weight excluding hydrogens is 342 g/mol. The molecule has 1 amide bonds. The van der Waals surface area contributed by atoms with Crippen LogP contribution < -0.4 is 10.1 Å². The van der Waals surface area contributed by atoms with Gasteiger partial charge in [-0.3, -0.25) is 4.79 Å². The van der Waals surface area contributed by atoms with Gasteiger partial charge < -0.3 is 14.8 Å². The molecule has 1 N–H and O–H groups in total. The van der Waals surface area contributed by atoms with Crippen molar-refractivity contribution >= 4 is 5.91 Å². The highest BCUT2D eigenvalue weighted by atomic mass is 16.5. The van der Waals surface area contributed by atoms with E-state index in [4.69, 9.17) is 9.47 Å². The molecule has 0 saturated carbocycles. The topological polar surface area (TPSA) is 65.4 Å². The Labute approximate surface area is 159 Å². The molecule has 4 rings (SSSR count). The number of aromatic nitrogens is 2. The van der Waals surface area contributed by atoms with E-state index >= 15 is 0 Å². The van der Waals surface area contributed by atoms with Crippen molar-refractivity contribution in [2.75, 3.05) is 13.7 Å². The summed E-state index contributed by atoms with van der Waals surface area (Å²) in [5, 5.41) is 7.86. The van der Waals surface area contributed by atoms with Crippen LogP contribution in [0, 0.1) is 5.41 Å². The minimum Gasteiger partial charge on any atom is -0.497 e. The third-order valence-electron chi connectivity index (χ3n) is 5.53. The van der Waals surface area contributed by atoms with Crippen molar-refractivity contribution < 1.29 is 14.3 Å². The highest BCUT2D eigenvalue weighted by Gasteiger charge is 2.37. The Morgan fingerprint density at radius 2 is 2.11 bits per heavy atom. The molecule has 1 aromatic carbocycles. The van der Waals surface area contributed by atoms with Crippen molar-refractivity contribution in [2.45, 2.75) is 51.7 Å². The minimum absolute atomic E-state index is 0.00153. The summed E-state index contributed by atoms with van der Waals surface area (Å²) in [6, 6.07) is 7.86. The maximum Gasteiger partial charge on any atom is 0.249 e. The van der Waals surface area contributed by atoms with E-state index in [0.29, 0.717) is 6.61 Å². The van der Waals surface area contributed by atoms with Crippen LogP contribution in [0.5, 0.6) is 5.75 Å². The Kier molecular flexibility index (Phi) is 4.68. The van der Waals surface area contributed by atoms with E-state index in [-0.39, 0.29) is 23.5 Å². The molecule has 2 aliphatic rings. The molecule has 1 aliphatic heterocycles. The van der Waals surface area contributed by atoms with Gasteiger partial charge in [0.15, 0.2) is 0 Å². The zero-order valence-electron chi connectivity index (χ0n) is 16.2. The maximum atomic E-state index is 12.6. The predicted octanol–water partition coefficient (Wildman–Crippen LogP) is 3.19. The lowest BCUT2D eigenvalue weighted by Gasteiger charge is -2.36. The average Bonchev–Trinajstić information content (AvgIpc) is 3.31. The summed E-state index contributed by atoms with van der Waals surface area (Å²) in [6.07, 6.45) is 5.16. The zero-order valence-corrected chi connectivity index (χ0v) is 16.2. The molecule has 1 aromatic heterocycles. The third kappa shape index (κ3) is 3.58. The first kappa shape index (κ1) is 18.0. The van der Waals surface area contributed by atoms with E-state index in [0.717, 1.165) is 48.4 Å². The van der Waals surface area contributed by atoms with Gasteiger partial charge in [0.1, 0.15) is 11.9 Å². The molecule has 0 bridgehead atoms. The first-order chi connectivity index (χ1) is 13.0. The number of carbonyl (C=O) groups is 1. The van der Waals surface area contributed by atoms with Gasteiger partial charge in [0.05, 0.1) is 30.7 Å². The normalized spacial score (nSPS) is 23.7. The molecule has 1 fully saturated rings. The largest absolute Gasteiger partial charge is 0.497 e. The number of amides is 1. The van der Waals surface area contributed by atoms with Crippen molar-refractivity contribution in [1.29, 1.82) is 0 Å². The number of benzene rings is 1. The zero-order chi connectivity index (χ0) is 19.0. The van der Waals surface area contributed by atoms with Gasteiger partial charge in [0, 0.05) is 12.2 Å². The van der Waals surface area contributed by atoms with Crippen LogP contribution in [0.1, 0.15) is 50.4 Å². The fraction of sp³-hybridized carbons (Fsp3) is 0.524. The van der Waals surface area contributed by atoms with Crippen LogP contribution in [0.4, 0.5) is 0 Å². The summed E-state index contributed by atoms with van der Waals surface area (Å²) in [7, 11) is 1.66. The summed E-state index contributed by atoms with van der Waals surface area (Å²) < 4.78 is 12.8. The number of fused-ring (bicyclic) bond motifs is 1. The van der Waals surface area contributed by atoms with Gasteiger partial charge in [0.2, 0.25) is 5.91 Å². The standard InChI is InChI=1S/C21H27N3O3/c1-21(2)11-17(23-20(25)19-5-4-10-27-19)16-13-22-24(18(16)12-21)14-6-8-15(26-3)9-7-14/h6-9,13,17,19H,4-5,10-12H2,1-3H3,(H,23,25). The van der Waals surface area contributed by atoms with Crippen molar-refractivity contribution in [3.05, 3.63) is 41.7 Å². The van der Waals surface area contributed by atoms with Gasteiger partial charge in [0.25, 0.3) is 0 Å². The van der Waals surface area contributed by atoms with Crippen LogP contribution >= 0.6 is 0 Å². The number of nitrogens with one attached hydrogen (secondary N) is 1. The number of carbonyl (C=O) groups excluding carboxylic acids is 1. The smallest absolute Gasteiger partial charge is 0.249 e. The second kappa shape index (κ2) is 7.00. The van der Waals surface area contributed by atoms with Crippen molar-refractivity contribution in [3.8, 4) is 11.4 Å². The van der Waals surface area contributed by atoms with Crippen molar-refractivity contribution in [1.82, 2.24) is 15.1 Å². The number of methoxy groups -OCH3 is 1. The molecule has 6 nitrogen and oxygen atoms in total. The molecule has 1 aliphatic carbocycles. The second-order valence-electron chi connectivity index (χ2n) is 8.26. The van der Waals surface area contributed by atoms with E-state index in [2.05, 4.69) is 24.3 Å². The highest BCUT2D eigenvalue weighted by molar-refractivity contribution is 5.81. The molecular formula is C21H27N3O3. The van der Waals surface area contributed by atoms with Gasteiger partial charge >= 0.3 is 0 Å². The van der Waals surface area contributed by atoms with E-state index in [1.807, 2.05) is 35.1 Å². The summed E-state index contributed by atoms with van der Waals surface area (Å²) in [4.78, 5) is 12.6. The van der Waals surface area contributed by atoms with Gasteiger partial charge in [-0.05, 0) is 55.4 Å². The van der Waals surface area contributed by atoms with Gasteiger partial charge in [-0.15, -0.1) is 0 Å². The van der Waals surface area contributed by atoms with E-state index in [1.165, 1.54) is 0 Å².